The second-order valence-corrected chi connectivity index (χ2v) is 10.9. The summed E-state index contributed by atoms with van der Waals surface area (Å²) in [5, 5.41) is 17.0. The number of rotatable bonds is 9. The van der Waals surface area contributed by atoms with Gasteiger partial charge in [-0.1, -0.05) is 62.4 Å². The van der Waals surface area contributed by atoms with Crippen molar-refractivity contribution >= 4 is 27.6 Å². The van der Waals surface area contributed by atoms with Crippen LogP contribution in [0.25, 0.3) is 21.7 Å². The van der Waals surface area contributed by atoms with E-state index in [0.717, 1.165) is 43.4 Å². The number of ether oxygens (including phenoxy) is 1. The average Bonchev–Trinajstić information content (AvgIpc) is 3.30. The van der Waals surface area contributed by atoms with E-state index in [-0.39, 0.29) is 12.5 Å². The number of aromatic nitrogens is 1. The van der Waals surface area contributed by atoms with E-state index in [0.29, 0.717) is 29.8 Å². The van der Waals surface area contributed by atoms with Crippen LogP contribution in [0, 0.1) is 5.92 Å². The Morgan fingerprint density at radius 2 is 1.76 bits per heavy atom. The van der Waals surface area contributed by atoms with Crippen LogP contribution in [0.2, 0.25) is 0 Å². The number of hydrogen-bond donors (Lipinski definition) is 2. The van der Waals surface area contributed by atoms with Crippen LogP contribution in [0.4, 0.5) is 0 Å². The number of carbonyl (C=O) groups is 1. The molecule has 5 rings (SSSR count). The fourth-order valence-electron chi connectivity index (χ4n) is 5.71. The Kier molecular flexibility index (Phi) is 8.01. The number of likely N-dealkylation sites (tertiary alicyclic amines) is 1. The Labute approximate surface area is 225 Å². The predicted molar refractivity (Wildman–Crippen MR) is 154 cm³/mol. The van der Waals surface area contributed by atoms with Crippen molar-refractivity contribution in [2.75, 3.05) is 33.3 Å². The summed E-state index contributed by atoms with van der Waals surface area (Å²) in [7, 11) is 1.65. The molecule has 4 aromatic rings. The first-order valence-electron chi connectivity index (χ1n) is 13.8. The maximum Gasteiger partial charge on any atom is 0.267 e. The highest BCUT2D eigenvalue weighted by Crippen LogP contribution is 2.32. The van der Waals surface area contributed by atoms with Gasteiger partial charge in [0.2, 0.25) is 0 Å². The number of aliphatic hydroxyl groups excluding tert-OH is 1. The Bertz CT molecular complexity index is 1400. The van der Waals surface area contributed by atoms with Gasteiger partial charge >= 0.3 is 0 Å². The molecule has 2 N–H and O–H groups in total. The number of β-amino-alcohol motifs (C(OH)–C–C–N with tert-alkyl or cyclic N) is 1. The van der Waals surface area contributed by atoms with Gasteiger partial charge in [-0.3, -0.25) is 4.79 Å². The zero-order valence-electron chi connectivity index (χ0n) is 22.7. The highest BCUT2D eigenvalue weighted by Gasteiger charge is 2.23. The molecule has 6 heteroatoms. The minimum absolute atomic E-state index is 0.111. The first-order chi connectivity index (χ1) is 18.4. The zero-order valence-corrected chi connectivity index (χ0v) is 22.7. The molecule has 200 valence electrons. The number of carbonyl (C=O) groups excluding carboxylic acids is 1. The van der Waals surface area contributed by atoms with Crippen molar-refractivity contribution in [2.24, 2.45) is 5.92 Å². The maximum atomic E-state index is 12.5. The van der Waals surface area contributed by atoms with E-state index in [1.807, 2.05) is 24.3 Å². The molecular weight excluding hydrogens is 474 g/mol. The molecule has 6 nitrogen and oxygen atoms in total. The number of nitrogens with one attached hydrogen (secondary N) is 1. The highest BCUT2D eigenvalue weighted by molar-refractivity contribution is 6.00. The topological polar surface area (TPSA) is 66.7 Å². The molecule has 0 spiro atoms. The van der Waals surface area contributed by atoms with Gasteiger partial charge in [0.15, 0.2) is 0 Å². The van der Waals surface area contributed by atoms with Gasteiger partial charge in [-0.2, -0.15) is 0 Å². The number of amides is 1. The molecule has 1 aliphatic rings. The van der Waals surface area contributed by atoms with Gasteiger partial charge < -0.3 is 24.6 Å². The molecule has 1 aromatic heterocycles. The van der Waals surface area contributed by atoms with Crippen molar-refractivity contribution in [3.63, 3.8) is 0 Å². The molecule has 1 saturated heterocycles. The maximum absolute atomic E-state index is 12.5. The van der Waals surface area contributed by atoms with Crippen LogP contribution in [-0.4, -0.2) is 59.9 Å². The van der Waals surface area contributed by atoms with Gasteiger partial charge in [0.05, 0.1) is 5.52 Å². The van der Waals surface area contributed by atoms with Crippen molar-refractivity contribution in [1.29, 1.82) is 0 Å². The number of piperidine rings is 1. The summed E-state index contributed by atoms with van der Waals surface area (Å²) >= 11 is 0. The summed E-state index contributed by atoms with van der Waals surface area (Å²) in [6, 6.07) is 23.2. The number of hydrogen-bond acceptors (Lipinski definition) is 4. The minimum atomic E-state index is -0.585. The van der Waals surface area contributed by atoms with E-state index >= 15 is 0 Å². The van der Waals surface area contributed by atoms with Crippen molar-refractivity contribution in [3.05, 3.63) is 78.0 Å². The molecule has 2 heterocycles. The molecule has 0 bridgehead atoms. The van der Waals surface area contributed by atoms with Crippen LogP contribution in [0.5, 0.6) is 5.75 Å². The van der Waals surface area contributed by atoms with Gasteiger partial charge in [-0.15, -0.1) is 0 Å². The second-order valence-electron chi connectivity index (χ2n) is 10.9. The molecule has 3 aromatic carbocycles. The third-order valence-electron chi connectivity index (χ3n) is 7.65. The van der Waals surface area contributed by atoms with Crippen LogP contribution in [0.15, 0.2) is 66.7 Å². The summed E-state index contributed by atoms with van der Waals surface area (Å²) in [6.07, 6.45) is 1.60. The SMILES string of the molecule is CNC(=O)c1cc2c(OCC(O)CN3CCC(c4ccc5ccccc5c4)CC3)cccc2n1CC(C)C. The number of fused-ring (bicyclic) bond motifs is 2. The fourth-order valence-corrected chi connectivity index (χ4v) is 5.71. The minimum Gasteiger partial charge on any atom is -0.490 e. The van der Waals surface area contributed by atoms with Crippen molar-refractivity contribution < 1.29 is 14.6 Å². The summed E-state index contributed by atoms with van der Waals surface area (Å²) in [4.78, 5) is 14.9. The molecule has 1 fully saturated rings. The lowest BCUT2D eigenvalue weighted by atomic mass is 9.88. The number of nitrogens with zero attached hydrogens (tertiary/aromatic N) is 2. The van der Waals surface area contributed by atoms with Crippen LogP contribution >= 0.6 is 0 Å². The molecule has 1 aliphatic heterocycles. The standard InChI is InChI=1S/C32H39N3O3/c1-22(2)19-35-29-9-6-10-31(28(29)18-30(35)32(37)33-3)38-21-27(36)20-34-15-13-24(14-16-34)26-12-11-23-7-4-5-8-25(23)17-26/h4-12,17-18,22,24,27,36H,13-16,19-21H2,1-3H3,(H,33,37). The highest BCUT2D eigenvalue weighted by atomic mass is 16.5. The Morgan fingerprint density at radius 1 is 1.00 bits per heavy atom. The van der Waals surface area contributed by atoms with Crippen molar-refractivity contribution in [2.45, 2.75) is 45.3 Å². The quantitative estimate of drug-likeness (QED) is 0.313. The van der Waals surface area contributed by atoms with E-state index in [2.05, 4.69) is 71.1 Å². The molecule has 1 atom stereocenters. The molecule has 1 unspecified atom stereocenters. The summed E-state index contributed by atoms with van der Waals surface area (Å²) in [6.45, 7) is 7.77. The van der Waals surface area contributed by atoms with Crippen molar-refractivity contribution in [1.82, 2.24) is 14.8 Å². The average molecular weight is 514 g/mol. The largest absolute Gasteiger partial charge is 0.490 e. The zero-order chi connectivity index (χ0) is 26.6. The third kappa shape index (κ3) is 5.71. The van der Waals surface area contributed by atoms with Gasteiger partial charge in [-0.25, -0.2) is 0 Å². The molecule has 0 radical (unpaired) electrons. The summed E-state index contributed by atoms with van der Waals surface area (Å²) in [5.41, 5.74) is 3.02. The number of benzene rings is 3. The monoisotopic (exact) mass is 513 g/mol. The van der Waals surface area contributed by atoms with Gasteiger partial charge in [0.1, 0.15) is 24.2 Å². The predicted octanol–water partition coefficient (Wildman–Crippen LogP) is 5.43. The van der Waals surface area contributed by atoms with E-state index in [1.54, 1.807) is 7.05 Å². The molecule has 0 aliphatic carbocycles. The third-order valence-corrected chi connectivity index (χ3v) is 7.65. The normalized spacial score (nSPS) is 15.8. The molecule has 0 saturated carbocycles. The molecular formula is C32H39N3O3. The second kappa shape index (κ2) is 11.6. The lowest BCUT2D eigenvalue weighted by molar-refractivity contribution is 0.0599. The lowest BCUT2D eigenvalue weighted by Crippen LogP contribution is -2.40. The van der Waals surface area contributed by atoms with Crippen LogP contribution < -0.4 is 10.1 Å². The fraction of sp³-hybridized carbons (Fsp3) is 0.406. The first-order valence-corrected chi connectivity index (χ1v) is 13.8. The Morgan fingerprint density at radius 3 is 2.50 bits per heavy atom. The van der Waals surface area contributed by atoms with Gasteiger partial charge in [-0.05, 0) is 72.3 Å². The Hall–Kier alpha value is -3.35. The van der Waals surface area contributed by atoms with Gasteiger partial charge in [0, 0.05) is 25.5 Å². The van der Waals surface area contributed by atoms with E-state index in [4.69, 9.17) is 4.74 Å². The summed E-state index contributed by atoms with van der Waals surface area (Å²) < 4.78 is 8.18. The van der Waals surface area contributed by atoms with E-state index in [1.165, 1.54) is 16.3 Å². The Balaban J connectivity index is 1.19. The van der Waals surface area contributed by atoms with Gasteiger partial charge in [0.25, 0.3) is 5.91 Å². The smallest absolute Gasteiger partial charge is 0.267 e. The number of aliphatic hydroxyl groups is 1. The van der Waals surface area contributed by atoms with E-state index < -0.39 is 6.10 Å². The van der Waals surface area contributed by atoms with E-state index in [9.17, 15) is 9.90 Å². The summed E-state index contributed by atoms with van der Waals surface area (Å²) in [5.74, 6) is 1.54. The van der Waals surface area contributed by atoms with Crippen molar-refractivity contribution in [3.8, 4) is 5.75 Å². The lowest BCUT2D eigenvalue weighted by Gasteiger charge is -2.33. The van der Waals surface area contributed by atoms with Crippen LogP contribution in [0.3, 0.4) is 0 Å². The van der Waals surface area contributed by atoms with Crippen LogP contribution in [-0.2, 0) is 6.54 Å². The van der Waals surface area contributed by atoms with Crippen LogP contribution in [0.1, 0.15) is 48.7 Å². The molecule has 38 heavy (non-hydrogen) atoms. The molecule has 1 amide bonds. The first kappa shape index (κ1) is 26.3.